The Kier molecular flexibility index (Phi) is 56.8. The van der Waals surface area contributed by atoms with Crippen molar-refractivity contribution in [3.8, 4) is 34.5 Å². The smallest absolute Gasteiger partial charge is 0.309 e. The summed E-state index contributed by atoms with van der Waals surface area (Å²) in [6, 6.07) is 0. The molecule has 0 radical (unpaired) electrons. The topological polar surface area (TPSA) is 213 Å². The first-order valence-electron chi connectivity index (χ1n) is 65.8. The molecule has 0 amide bonds. The van der Waals surface area contributed by atoms with E-state index in [1.54, 1.807) is 0 Å². The van der Waals surface area contributed by atoms with Gasteiger partial charge in [-0.25, -0.2) is 0 Å². The number of carbonyl (C=O) groups is 6. The van der Waals surface area contributed by atoms with Gasteiger partial charge in [0.15, 0.2) is 0 Å². The molecular formula is C132H222O18. The van der Waals surface area contributed by atoms with Crippen LogP contribution in [-0.2, 0) is 57.2 Å². The Morgan fingerprint density at radius 2 is 0.260 bits per heavy atom. The van der Waals surface area contributed by atoms with Gasteiger partial charge in [0.1, 0.15) is 36.6 Å². The number of hydrogen-bond acceptors (Lipinski definition) is 18. The molecule has 0 N–H and O–H groups in total. The van der Waals surface area contributed by atoms with Crippen LogP contribution < -0.4 is 28.4 Å². The molecule has 0 aromatic heterocycles. The molecule has 13 rings (SSSR count). The molecule has 0 aliphatic heterocycles. The molecule has 1 aromatic rings. The van der Waals surface area contributed by atoms with Gasteiger partial charge in [0.25, 0.3) is 0 Å². The van der Waals surface area contributed by atoms with Crippen LogP contribution in [0.5, 0.6) is 34.5 Å². The molecule has 18 heteroatoms. The predicted molar refractivity (Wildman–Crippen MR) is 603 cm³/mol. The lowest BCUT2D eigenvalue weighted by Gasteiger charge is -2.34. The van der Waals surface area contributed by atoms with Gasteiger partial charge in [-0.2, -0.15) is 0 Å². The lowest BCUT2D eigenvalue weighted by Crippen LogP contribution is -2.32. The highest BCUT2D eigenvalue weighted by molar-refractivity contribution is 5.76. The van der Waals surface area contributed by atoms with Gasteiger partial charge in [-0.15, -0.1) is 0 Å². The number of unbranched alkanes of at least 4 members (excludes halogenated alkanes) is 24. The summed E-state index contributed by atoms with van der Waals surface area (Å²) in [5.41, 5.74) is 0. The summed E-state index contributed by atoms with van der Waals surface area (Å²) in [4.78, 5) is 85.6. The molecule has 0 bridgehead atoms. The van der Waals surface area contributed by atoms with Crippen LogP contribution in [0.25, 0.3) is 0 Å². The molecule has 150 heavy (non-hydrogen) atoms. The maximum absolute atomic E-state index is 14.3. The minimum absolute atomic E-state index is 0.0112. The summed E-state index contributed by atoms with van der Waals surface area (Å²) >= 11 is 0. The lowest BCUT2D eigenvalue weighted by molar-refractivity contribution is -0.158. The molecule has 0 saturated heterocycles. The van der Waals surface area contributed by atoms with Crippen molar-refractivity contribution in [3.05, 3.63) is 0 Å². The number of hydrogen-bond donors (Lipinski definition) is 0. The number of ether oxygens (including phenoxy) is 12. The van der Waals surface area contributed by atoms with Crippen LogP contribution in [0.4, 0.5) is 0 Å². The minimum Gasteiger partial charge on any atom is -0.486 e. The summed E-state index contributed by atoms with van der Waals surface area (Å²) in [6.45, 7) is 15.7. The standard InChI is InChI=1S/C132H222O18/c1-7-13-19-25-31-37-97-43-67-109(68-44-97)127(133)145-115-79-55-103(56-80-115)91-139-121-122(140-92-104-57-81-116(82-58-104)146-128(134)110-69-45-98(46-70-110)38-32-26-20-14-8-2)124(142-94-106-61-85-118(86-62-106)148-130(136)112-73-49-100(50-74-112)40-34-28-22-16-10-4)126(144-96-108-65-89-120(90-66-108)150-132(138)114-77-53-102(54-78-114)42-36-30-24-18-12-6)125(143-95-107-63-87-119(88-64-107)149-131(137)113-75-51-101(52-76-113)41-35-29-23-17-11-5)123(121)141-93-105-59-83-117(84-60-105)147-129(135)111-71-47-99(48-72-111)39-33-27-21-15-9-3/h97-120H,7-96H2,1-6H3/t97-,98-,99-,100-,101-,102-,103?,104?,105?,106?,107?,108?,109-,110-,111-,112-,113-,114-,115?,116?,117?,118?,119?,120?. The van der Waals surface area contributed by atoms with Gasteiger partial charge in [0.2, 0.25) is 34.5 Å². The highest BCUT2D eigenvalue weighted by atomic mass is 16.6. The zero-order valence-corrected chi connectivity index (χ0v) is 96.8. The molecule has 1 aromatic carbocycles. The van der Waals surface area contributed by atoms with E-state index in [0.717, 1.165) is 308 Å². The molecule has 12 fully saturated rings. The monoisotopic (exact) mass is 2100 g/mol. The van der Waals surface area contributed by atoms with Crippen LogP contribution in [-0.4, -0.2) is 112 Å². The van der Waals surface area contributed by atoms with Gasteiger partial charge in [-0.1, -0.05) is 273 Å². The van der Waals surface area contributed by atoms with E-state index in [4.69, 9.17) is 56.8 Å². The van der Waals surface area contributed by atoms with Crippen molar-refractivity contribution >= 4 is 35.8 Å². The van der Waals surface area contributed by atoms with Crippen molar-refractivity contribution in [2.45, 2.75) is 618 Å². The number of carbonyl (C=O) groups excluding carboxylic acids is 6. The number of esters is 6. The van der Waals surface area contributed by atoms with E-state index in [1.165, 1.54) is 231 Å². The van der Waals surface area contributed by atoms with Crippen LogP contribution in [0.2, 0.25) is 0 Å². The zero-order valence-electron chi connectivity index (χ0n) is 96.8. The van der Waals surface area contributed by atoms with E-state index < -0.39 is 0 Å². The lowest BCUT2D eigenvalue weighted by atomic mass is 9.79. The third-order valence-electron chi connectivity index (χ3n) is 39.9. The quantitative estimate of drug-likeness (QED) is 0.0337. The second-order valence-electron chi connectivity index (χ2n) is 51.8. The molecule has 12 saturated carbocycles. The second kappa shape index (κ2) is 69.9. The van der Waals surface area contributed by atoms with Crippen LogP contribution in [0.1, 0.15) is 581 Å². The van der Waals surface area contributed by atoms with Gasteiger partial charge in [-0.05, 0) is 379 Å². The van der Waals surface area contributed by atoms with Crippen LogP contribution in [0, 0.1) is 107 Å². The fraction of sp³-hybridized carbons (Fsp3) is 0.909. The van der Waals surface area contributed by atoms with E-state index in [2.05, 4.69) is 41.5 Å². The SMILES string of the molecule is CCCCCCC[C@H]1CC[C@H](C(=O)OC2CCC(COc3c(OCC4CCC(OC(=O)[C@H]5CC[C@H](CCCCCCC)CC5)CC4)c(OCC4CCC(OC(=O)[C@H]5CC[C@H](CCCCCCC)CC5)CC4)c(OCC4CCC(OC(=O)[C@H]5CC[C@H](CCCCCCC)CC5)CC4)c(OCC4CCC(OC(=O)[C@H]5CC[C@H](CCCCCCC)CC5)CC4)c3OCC3CCC(OC(=O)[C@H]4CC[C@H](CCCCCCC)CC4)CC3)CC2)CC1. The summed E-state index contributed by atoms with van der Waals surface area (Å²) in [7, 11) is 0. The number of benzene rings is 1. The van der Waals surface area contributed by atoms with Gasteiger partial charge < -0.3 is 56.8 Å². The first-order chi connectivity index (χ1) is 73.6. The summed E-state index contributed by atoms with van der Waals surface area (Å²) < 4.78 is 85.9. The van der Waals surface area contributed by atoms with Gasteiger partial charge in [-0.3, -0.25) is 28.8 Å². The third-order valence-corrected chi connectivity index (χ3v) is 39.9. The molecule has 12 aliphatic rings. The average Bonchev–Trinajstić information content (AvgIpc) is 0.757. The molecule has 0 atom stereocenters. The fourth-order valence-electron chi connectivity index (χ4n) is 29.0. The maximum Gasteiger partial charge on any atom is 0.309 e. The van der Waals surface area contributed by atoms with Crippen LogP contribution >= 0.6 is 0 Å². The summed E-state index contributed by atoms with van der Waals surface area (Å²) in [5, 5.41) is 0. The minimum atomic E-state index is -0.154. The van der Waals surface area contributed by atoms with Crippen LogP contribution in [0.15, 0.2) is 0 Å². The Morgan fingerprint density at radius 3 is 0.380 bits per heavy atom. The molecule has 12 aliphatic carbocycles. The van der Waals surface area contributed by atoms with Gasteiger partial charge in [0.05, 0.1) is 75.1 Å². The average molecular weight is 2100 g/mol. The maximum atomic E-state index is 14.3. The van der Waals surface area contributed by atoms with Gasteiger partial charge in [0, 0.05) is 0 Å². The highest BCUT2D eigenvalue weighted by Crippen LogP contribution is 2.60. The first-order valence-corrected chi connectivity index (χ1v) is 65.8. The predicted octanol–water partition coefficient (Wildman–Crippen LogP) is 35.6. The fourth-order valence-corrected chi connectivity index (χ4v) is 29.0. The third kappa shape index (κ3) is 42.9. The summed E-state index contributed by atoms with van der Waals surface area (Å²) in [5.74, 6) is 7.19. The summed E-state index contributed by atoms with van der Waals surface area (Å²) in [6.07, 6.45) is 88.7. The first kappa shape index (κ1) is 122. The molecule has 0 heterocycles. The molecule has 0 spiro atoms. The largest absolute Gasteiger partial charge is 0.486 e. The van der Waals surface area contributed by atoms with E-state index in [-0.39, 0.29) is 143 Å². The van der Waals surface area contributed by atoms with Crippen molar-refractivity contribution in [1.29, 1.82) is 0 Å². The highest BCUT2D eigenvalue weighted by Gasteiger charge is 2.43. The second-order valence-corrected chi connectivity index (χ2v) is 51.8. The Labute approximate surface area is 914 Å². The van der Waals surface area contributed by atoms with E-state index in [0.29, 0.717) is 110 Å². The molecule has 858 valence electrons. The van der Waals surface area contributed by atoms with Gasteiger partial charge >= 0.3 is 35.8 Å². The van der Waals surface area contributed by atoms with E-state index in [9.17, 15) is 28.8 Å². The zero-order chi connectivity index (χ0) is 105. The Balaban J connectivity index is 0.793. The van der Waals surface area contributed by atoms with Crippen LogP contribution in [0.3, 0.4) is 0 Å². The Morgan fingerprint density at radius 1 is 0.147 bits per heavy atom. The normalized spacial score (nSPS) is 30.6. The molecule has 18 nitrogen and oxygen atoms in total. The van der Waals surface area contributed by atoms with Crippen molar-refractivity contribution < 1.29 is 85.6 Å². The van der Waals surface area contributed by atoms with E-state index in [1.807, 2.05) is 0 Å². The molecular weight excluding hydrogens is 1870 g/mol. The Hall–Kier alpha value is -5.16. The van der Waals surface area contributed by atoms with Crippen molar-refractivity contribution in [2.24, 2.45) is 107 Å². The Bertz CT molecular complexity index is 3150. The number of rotatable bonds is 66. The van der Waals surface area contributed by atoms with Crippen molar-refractivity contribution in [1.82, 2.24) is 0 Å². The van der Waals surface area contributed by atoms with Crippen molar-refractivity contribution in [2.75, 3.05) is 39.6 Å². The molecule has 0 unspecified atom stereocenters. The van der Waals surface area contributed by atoms with Crippen molar-refractivity contribution in [3.63, 3.8) is 0 Å². The van der Waals surface area contributed by atoms with E-state index >= 15 is 0 Å².